The van der Waals surface area contributed by atoms with E-state index in [0.29, 0.717) is 26.3 Å². The molecule has 0 bridgehead atoms. The molecular formula is C13H7Cl4NO2. The van der Waals surface area contributed by atoms with Crippen molar-refractivity contribution in [2.45, 2.75) is 0 Å². The quantitative estimate of drug-likeness (QED) is 0.427. The first-order chi connectivity index (χ1) is 9.43. The van der Waals surface area contributed by atoms with E-state index in [-0.39, 0.29) is 10.7 Å². The van der Waals surface area contributed by atoms with E-state index >= 15 is 0 Å². The predicted octanol–water partition coefficient (Wildman–Crippen LogP) is 5.15. The molecule has 3 nitrogen and oxygen atoms in total. The highest BCUT2D eigenvalue weighted by molar-refractivity contribution is 6.44. The average Bonchev–Trinajstić information content (AvgIpc) is 2.42. The van der Waals surface area contributed by atoms with Crippen LogP contribution in [-0.4, -0.2) is 18.1 Å². The van der Waals surface area contributed by atoms with E-state index in [1.807, 2.05) is 0 Å². The first-order valence-corrected chi connectivity index (χ1v) is 6.85. The summed E-state index contributed by atoms with van der Waals surface area (Å²) in [6.07, 6.45) is 0. The van der Waals surface area contributed by atoms with E-state index < -0.39 is 5.97 Å². The maximum atomic E-state index is 11.4. The molecule has 0 N–H and O–H groups in total. The minimum absolute atomic E-state index is 0.0245. The van der Waals surface area contributed by atoms with Crippen molar-refractivity contribution in [3.8, 4) is 11.3 Å². The summed E-state index contributed by atoms with van der Waals surface area (Å²) < 4.78 is 4.59. The number of hydrogen-bond acceptors (Lipinski definition) is 3. The van der Waals surface area contributed by atoms with Gasteiger partial charge in [-0.05, 0) is 24.3 Å². The smallest absolute Gasteiger partial charge is 0.341 e. The van der Waals surface area contributed by atoms with Gasteiger partial charge in [0.15, 0.2) is 0 Å². The Balaban J connectivity index is 2.52. The normalized spacial score (nSPS) is 10.4. The Morgan fingerprint density at radius 3 is 2.30 bits per heavy atom. The average molecular weight is 351 g/mol. The summed E-state index contributed by atoms with van der Waals surface area (Å²) in [4.78, 5) is 15.6. The topological polar surface area (TPSA) is 39.2 Å². The molecule has 20 heavy (non-hydrogen) atoms. The van der Waals surface area contributed by atoms with Crippen LogP contribution >= 0.6 is 46.4 Å². The number of carbonyl (C=O) groups is 1. The molecule has 0 saturated carbocycles. The Hall–Kier alpha value is -1.000. The van der Waals surface area contributed by atoms with E-state index in [1.54, 1.807) is 12.1 Å². The SMILES string of the molecule is COC(=O)c1ccc(-c2cc(Cl)c(Cl)cc2Cl)nc1Cl. The summed E-state index contributed by atoms with van der Waals surface area (Å²) in [6.45, 7) is 0. The third-order valence-electron chi connectivity index (χ3n) is 2.54. The van der Waals surface area contributed by atoms with Crippen LogP contribution < -0.4 is 0 Å². The third kappa shape index (κ3) is 3.01. The molecule has 2 aromatic rings. The first kappa shape index (κ1) is 15.4. The van der Waals surface area contributed by atoms with E-state index in [4.69, 9.17) is 46.4 Å². The first-order valence-electron chi connectivity index (χ1n) is 5.34. The van der Waals surface area contributed by atoms with Crippen LogP contribution in [0.5, 0.6) is 0 Å². The standard InChI is InChI=1S/C13H7Cl4NO2/c1-20-13(19)6-2-3-11(18-12(6)17)7-4-9(15)10(16)5-8(7)14/h2-5H,1H3. The van der Waals surface area contributed by atoms with Gasteiger partial charge >= 0.3 is 5.97 Å². The minimum atomic E-state index is -0.561. The predicted molar refractivity (Wildman–Crippen MR) is 81.1 cm³/mol. The van der Waals surface area contributed by atoms with Gasteiger partial charge in [0, 0.05) is 5.56 Å². The van der Waals surface area contributed by atoms with Gasteiger partial charge in [-0.3, -0.25) is 0 Å². The molecular weight excluding hydrogens is 344 g/mol. The molecule has 0 atom stereocenters. The summed E-state index contributed by atoms with van der Waals surface area (Å²) >= 11 is 23.9. The maximum absolute atomic E-state index is 11.4. The monoisotopic (exact) mass is 349 g/mol. The molecule has 0 radical (unpaired) electrons. The van der Waals surface area contributed by atoms with Crippen molar-refractivity contribution in [2.24, 2.45) is 0 Å². The number of esters is 1. The lowest BCUT2D eigenvalue weighted by atomic mass is 10.1. The van der Waals surface area contributed by atoms with Gasteiger partial charge in [-0.15, -0.1) is 0 Å². The van der Waals surface area contributed by atoms with Crippen molar-refractivity contribution in [1.29, 1.82) is 0 Å². The molecule has 1 aromatic carbocycles. The van der Waals surface area contributed by atoms with Crippen LogP contribution in [0, 0.1) is 0 Å². The summed E-state index contributed by atoms with van der Waals surface area (Å²) in [6, 6.07) is 6.21. The Kier molecular flexibility index (Phi) is 4.76. The van der Waals surface area contributed by atoms with Crippen LogP contribution in [-0.2, 0) is 4.74 Å². The summed E-state index contributed by atoms with van der Waals surface area (Å²) in [7, 11) is 1.27. The minimum Gasteiger partial charge on any atom is -0.465 e. The molecule has 1 aromatic heterocycles. The highest BCUT2D eigenvalue weighted by Gasteiger charge is 2.15. The van der Waals surface area contributed by atoms with Crippen molar-refractivity contribution < 1.29 is 9.53 Å². The fourth-order valence-corrected chi connectivity index (χ4v) is 2.44. The second kappa shape index (κ2) is 6.19. The van der Waals surface area contributed by atoms with Crippen molar-refractivity contribution in [1.82, 2.24) is 4.98 Å². The zero-order valence-corrected chi connectivity index (χ0v) is 13.1. The number of methoxy groups -OCH3 is 1. The van der Waals surface area contributed by atoms with E-state index in [0.717, 1.165) is 0 Å². The van der Waals surface area contributed by atoms with Gasteiger partial charge in [-0.25, -0.2) is 9.78 Å². The second-order valence-electron chi connectivity index (χ2n) is 3.77. The molecule has 0 aliphatic heterocycles. The van der Waals surface area contributed by atoms with Crippen LogP contribution in [0.4, 0.5) is 0 Å². The molecule has 0 aliphatic carbocycles. The van der Waals surface area contributed by atoms with Crippen LogP contribution in [0.25, 0.3) is 11.3 Å². The Morgan fingerprint density at radius 2 is 1.70 bits per heavy atom. The van der Waals surface area contributed by atoms with E-state index in [2.05, 4.69) is 9.72 Å². The van der Waals surface area contributed by atoms with Crippen LogP contribution in [0.2, 0.25) is 20.2 Å². The number of hydrogen-bond donors (Lipinski definition) is 0. The van der Waals surface area contributed by atoms with Gasteiger partial charge in [0.1, 0.15) is 5.15 Å². The van der Waals surface area contributed by atoms with Crippen LogP contribution in [0.1, 0.15) is 10.4 Å². The van der Waals surface area contributed by atoms with Crippen LogP contribution in [0.15, 0.2) is 24.3 Å². The fraction of sp³-hybridized carbons (Fsp3) is 0.0769. The van der Waals surface area contributed by atoms with E-state index in [1.165, 1.54) is 19.2 Å². The van der Waals surface area contributed by atoms with Crippen molar-refractivity contribution >= 4 is 52.4 Å². The summed E-state index contributed by atoms with van der Waals surface area (Å²) in [5.74, 6) is -0.561. The highest BCUT2D eigenvalue weighted by atomic mass is 35.5. The number of aromatic nitrogens is 1. The number of pyridine rings is 1. The Bertz CT molecular complexity index is 688. The van der Waals surface area contributed by atoms with Crippen LogP contribution in [0.3, 0.4) is 0 Å². The van der Waals surface area contributed by atoms with Crippen molar-refractivity contribution in [3.63, 3.8) is 0 Å². The molecule has 1 heterocycles. The maximum Gasteiger partial charge on any atom is 0.341 e. The molecule has 0 unspecified atom stereocenters. The second-order valence-corrected chi connectivity index (χ2v) is 5.35. The number of rotatable bonds is 2. The number of ether oxygens (including phenoxy) is 1. The number of nitrogens with zero attached hydrogens (tertiary/aromatic N) is 1. The number of carbonyl (C=O) groups excluding carboxylic acids is 1. The molecule has 2 rings (SSSR count). The number of benzene rings is 1. The van der Waals surface area contributed by atoms with Gasteiger partial charge in [0.25, 0.3) is 0 Å². The lowest BCUT2D eigenvalue weighted by molar-refractivity contribution is 0.0600. The van der Waals surface area contributed by atoms with Gasteiger partial charge in [0.2, 0.25) is 0 Å². The third-order valence-corrected chi connectivity index (χ3v) is 3.86. The molecule has 0 spiro atoms. The fourth-order valence-electron chi connectivity index (χ4n) is 1.57. The zero-order chi connectivity index (χ0) is 14.9. The number of halogens is 4. The molecule has 104 valence electrons. The van der Waals surface area contributed by atoms with Crippen molar-refractivity contribution in [2.75, 3.05) is 7.11 Å². The highest BCUT2D eigenvalue weighted by Crippen LogP contribution is 2.35. The molecule has 0 amide bonds. The Labute approximate surface area is 135 Å². The largest absolute Gasteiger partial charge is 0.465 e. The summed E-state index contributed by atoms with van der Waals surface area (Å²) in [5, 5.41) is 1.10. The van der Waals surface area contributed by atoms with Gasteiger partial charge in [-0.1, -0.05) is 46.4 Å². The van der Waals surface area contributed by atoms with E-state index in [9.17, 15) is 4.79 Å². The lowest BCUT2D eigenvalue weighted by Crippen LogP contribution is -2.03. The molecule has 7 heteroatoms. The summed E-state index contributed by atoms with van der Waals surface area (Å²) in [5.41, 5.74) is 1.22. The van der Waals surface area contributed by atoms with Gasteiger partial charge in [0.05, 0.1) is 33.4 Å². The van der Waals surface area contributed by atoms with Crippen molar-refractivity contribution in [3.05, 3.63) is 50.0 Å². The van der Waals surface area contributed by atoms with Gasteiger partial charge < -0.3 is 4.74 Å². The van der Waals surface area contributed by atoms with Gasteiger partial charge in [-0.2, -0.15) is 0 Å². The molecule has 0 saturated heterocycles. The zero-order valence-electron chi connectivity index (χ0n) is 10.1. The molecule has 0 fully saturated rings. The lowest BCUT2D eigenvalue weighted by Gasteiger charge is -2.08. The molecule has 0 aliphatic rings. The Morgan fingerprint density at radius 1 is 1.05 bits per heavy atom.